The average molecular weight is 890 g/mol. The summed E-state index contributed by atoms with van der Waals surface area (Å²) >= 11 is 0. The first kappa shape index (κ1) is 47.6. The highest BCUT2D eigenvalue weighted by atomic mass is 28.4. The van der Waals surface area contributed by atoms with Gasteiger partial charge in [-0.2, -0.15) is 0 Å². The van der Waals surface area contributed by atoms with Gasteiger partial charge in [-0.1, -0.05) is 126 Å². The quantitative estimate of drug-likeness (QED) is 0.0507. The molecule has 338 valence electrons. The molecule has 2 bridgehead atoms. The zero-order valence-corrected chi connectivity index (χ0v) is 38.8. The molecule has 0 fully saturated rings. The van der Waals surface area contributed by atoms with E-state index in [4.69, 9.17) is 23.4 Å². The number of amides is 1. The molecule has 0 unspecified atom stereocenters. The van der Waals surface area contributed by atoms with Gasteiger partial charge in [-0.05, 0) is 66.0 Å². The molecule has 0 saturated heterocycles. The normalized spacial score (nSPS) is 22.3. The van der Waals surface area contributed by atoms with Crippen LogP contribution in [0.2, 0.25) is 18.1 Å². The van der Waals surface area contributed by atoms with Gasteiger partial charge in [0.05, 0.1) is 11.6 Å². The predicted molar refractivity (Wildman–Crippen MR) is 242 cm³/mol. The van der Waals surface area contributed by atoms with Crippen LogP contribution in [-0.4, -0.2) is 67.1 Å². The highest BCUT2D eigenvalue weighted by molar-refractivity contribution is 6.73. The second-order valence-electron chi connectivity index (χ2n) is 17.1. The van der Waals surface area contributed by atoms with E-state index in [0.717, 1.165) is 0 Å². The Hall–Kier alpha value is -5.89. The van der Waals surface area contributed by atoms with Crippen LogP contribution < -0.4 is 5.32 Å². The largest absolute Gasteiger partial charge is 0.456 e. The van der Waals surface area contributed by atoms with E-state index in [1.165, 1.54) is 13.8 Å². The number of ether oxygens (including phenoxy) is 4. The zero-order valence-electron chi connectivity index (χ0n) is 37.8. The number of hydrogen-bond donors (Lipinski definition) is 2. The molecule has 12 nitrogen and oxygen atoms in total. The SMILES string of the molecule is CC[Si](CC)(CC)O[C@@H](C(=O)O[C@@H]1C[C@@]2(O)[C@@H](OC(=O)c3ccccc3)c3ccccc3[C@@H](OC(C)=O)[C@H](OC(C)=O)C(=C1C)C2(C)C)[C@@H](NC(=O)c1ccccc1)c1ccccc1. The van der Waals surface area contributed by atoms with Crippen LogP contribution in [0.25, 0.3) is 0 Å². The molecule has 0 heterocycles. The summed E-state index contributed by atoms with van der Waals surface area (Å²) < 4.78 is 32.2. The standard InChI is InChI=1S/C51H59NO11Si/c1-9-64(10-2,11-3)63-45(42(35-23-15-12-16-24-35)52-47(55)36-25-17-13-18-26-36)49(57)61-40-31-51(58)46(62-48(56)37-27-19-14-20-28-37)39-30-22-21-29-38(39)43(59-33(5)53)44(60-34(6)54)41(32(40)4)50(51,7)8/h12-30,40,42-46,58H,9-11,31H2,1-8H3,(H,52,55)/t40-,42+,43-,44-,45-,46+,51-/m1/s1. The molecule has 0 aliphatic heterocycles. The van der Waals surface area contributed by atoms with Gasteiger partial charge in [-0.15, -0.1) is 0 Å². The van der Waals surface area contributed by atoms with Gasteiger partial charge in [0, 0.05) is 42.4 Å². The third-order valence-corrected chi connectivity index (χ3v) is 17.8. The minimum absolute atomic E-state index is 0.225. The molecule has 7 atom stereocenters. The van der Waals surface area contributed by atoms with Crippen LogP contribution in [0.4, 0.5) is 0 Å². The molecular formula is C51H59NO11Si. The Kier molecular flexibility index (Phi) is 14.8. The van der Waals surface area contributed by atoms with Crippen molar-refractivity contribution in [3.05, 3.63) is 154 Å². The molecule has 2 N–H and O–H groups in total. The van der Waals surface area contributed by atoms with Crippen molar-refractivity contribution in [3.63, 3.8) is 0 Å². The van der Waals surface area contributed by atoms with Gasteiger partial charge in [0.1, 0.15) is 11.7 Å². The van der Waals surface area contributed by atoms with Gasteiger partial charge in [0.25, 0.3) is 5.91 Å². The highest BCUT2D eigenvalue weighted by Gasteiger charge is 2.63. The summed E-state index contributed by atoms with van der Waals surface area (Å²) in [5.74, 6) is -3.35. The Balaban J connectivity index is 1.55. The number of benzene rings is 4. The molecule has 0 spiro atoms. The molecule has 64 heavy (non-hydrogen) atoms. The number of esters is 4. The van der Waals surface area contributed by atoms with Crippen LogP contribution in [-0.2, 0) is 37.8 Å². The lowest BCUT2D eigenvalue weighted by atomic mass is 9.55. The Bertz CT molecular complexity index is 2340. The third-order valence-electron chi connectivity index (χ3n) is 13.1. The van der Waals surface area contributed by atoms with Crippen LogP contribution in [0.5, 0.6) is 0 Å². The van der Waals surface area contributed by atoms with E-state index in [-0.39, 0.29) is 12.0 Å². The number of hydrogen-bond acceptors (Lipinski definition) is 11. The Morgan fingerprint density at radius 3 is 1.73 bits per heavy atom. The summed E-state index contributed by atoms with van der Waals surface area (Å²) in [4.78, 5) is 69.5. The van der Waals surface area contributed by atoms with Crippen molar-refractivity contribution >= 4 is 38.1 Å². The minimum Gasteiger partial charge on any atom is -0.456 e. The third kappa shape index (κ3) is 9.62. The molecule has 0 saturated carbocycles. The second-order valence-corrected chi connectivity index (χ2v) is 21.8. The van der Waals surface area contributed by atoms with Crippen LogP contribution in [0.15, 0.2) is 126 Å². The molecule has 0 aromatic heterocycles. The number of aliphatic hydroxyl groups is 1. The van der Waals surface area contributed by atoms with Crippen molar-refractivity contribution < 1.29 is 52.5 Å². The van der Waals surface area contributed by atoms with E-state index in [1.807, 2.05) is 51.1 Å². The Labute approximate surface area is 376 Å². The van der Waals surface area contributed by atoms with Gasteiger partial charge in [-0.25, -0.2) is 9.59 Å². The first-order valence-electron chi connectivity index (χ1n) is 21.9. The fourth-order valence-corrected chi connectivity index (χ4v) is 12.1. The summed E-state index contributed by atoms with van der Waals surface area (Å²) in [6.07, 6.45) is -6.94. The summed E-state index contributed by atoms with van der Waals surface area (Å²) in [5.41, 5.74) is -0.890. The molecule has 4 aromatic rings. The number of fused-ring (bicyclic) bond motifs is 3. The molecule has 13 heteroatoms. The first-order chi connectivity index (χ1) is 30.5. The van der Waals surface area contributed by atoms with E-state index >= 15 is 4.79 Å². The average Bonchev–Trinajstić information content (AvgIpc) is 3.29. The van der Waals surface area contributed by atoms with E-state index in [0.29, 0.717) is 51.5 Å². The van der Waals surface area contributed by atoms with Crippen molar-refractivity contribution in [1.82, 2.24) is 5.32 Å². The fourth-order valence-electron chi connectivity index (χ4n) is 9.37. The fraction of sp³-hybridized carbons (Fsp3) is 0.392. The Morgan fingerprint density at radius 1 is 0.688 bits per heavy atom. The topological polar surface area (TPSA) is 164 Å². The lowest BCUT2D eigenvalue weighted by molar-refractivity contribution is -0.194. The van der Waals surface area contributed by atoms with Crippen LogP contribution >= 0.6 is 0 Å². The van der Waals surface area contributed by atoms with E-state index < -0.39 is 85.7 Å². The summed E-state index contributed by atoms with van der Waals surface area (Å²) in [5, 5.41) is 16.7. The Morgan fingerprint density at radius 2 is 1.19 bits per heavy atom. The van der Waals surface area contributed by atoms with Gasteiger partial charge in [-0.3, -0.25) is 14.4 Å². The lowest BCUT2D eigenvalue weighted by Gasteiger charge is -2.56. The molecule has 2 aliphatic rings. The summed E-state index contributed by atoms with van der Waals surface area (Å²) in [7, 11) is -2.66. The maximum absolute atomic E-state index is 15.3. The maximum Gasteiger partial charge on any atom is 0.338 e. The highest BCUT2D eigenvalue weighted by Crippen LogP contribution is 2.60. The van der Waals surface area contributed by atoms with Crippen molar-refractivity contribution in [2.45, 2.75) is 122 Å². The second kappa shape index (κ2) is 19.9. The predicted octanol–water partition coefficient (Wildman–Crippen LogP) is 9.09. The summed E-state index contributed by atoms with van der Waals surface area (Å²) in [6, 6.07) is 33.9. The zero-order chi connectivity index (χ0) is 46.4. The molecule has 2 aliphatic carbocycles. The van der Waals surface area contributed by atoms with Crippen LogP contribution in [0.3, 0.4) is 0 Å². The van der Waals surface area contributed by atoms with Gasteiger partial charge >= 0.3 is 23.9 Å². The number of carbonyl (C=O) groups excluding carboxylic acids is 5. The molecule has 4 aromatic carbocycles. The van der Waals surface area contributed by atoms with Gasteiger partial charge < -0.3 is 33.8 Å². The van der Waals surface area contributed by atoms with Crippen LogP contribution in [0, 0.1) is 5.41 Å². The van der Waals surface area contributed by atoms with Crippen molar-refractivity contribution in [1.29, 1.82) is 0 Å². The molecular weight excluding hydrogens is 831 g/mol. The number of carbonyl (C=O) groups is 5. The van der Waals surface area contributed by atoms with E-state index in [2.05, 4.69) is 5.32 Å². The molecule has 1 amide bonds. The lowest BCUT2D eigenvalue weighted by Crippen LogP contribution is -2.61. The van der Waals surface area contributed by atoms with E-state index in [1.54, 1.807) is 106 Å². The number of nitrogens with one attached hydrogen (secondary N) is 1. The van der Waals surface area contributed by atoms with E-state index in [9.17, 15) is 24.3 Å². The van der Waals surface area contributed by atoms with Crippen molar-refractivity contribution in [2.24, 2.45) is 5.41 Å². The molecule has 0 radical (unpaired) electrons. The number of rotatable bonds is 15. The monoisotopic (exact) mass is 889 g/mol. The van der Waals surface area contributed by atoms with Crippen molar-refractivity contribution in [2.75, 3.05) is 0 Å². The first-order valence-corrected chi connectivity index (χ1v) is 24.5. The van der Waals surface area contributed by atoms with Crippen LogP contribution in [0.1, 0.15) is 117 Å². The summed E-state index contributed by atoms with van der Waals surface area (Å²) in [6.45, 7) is 13.8. The van der Waals surface area contributed by atoms with Gasteiger partial charge in [0.15, 0.2) is 32.7 Å². The maximum atomic E-state index is 15.3. The smallest absolute Gasteiger partial charge is 0.338 e. The molecule has 6 rings (SSSR count). The van der Waals surface area contributed by atoms with Crippen molar-refractivity contribution in [3.8, 4) is 0 Å². The van der Waals surface area contributed by atoms with Gasteiger partial charge in [0.2, 0.25) is 0 Å². The minimum atomic E-state index is -2.66.